The molecule has 1 amide bonds. The van der Waals surface area contributed by atoms with Crippen molar-refractivity contribution < 1.29 is 18.3 Å². The number of alkyl halides is 2. The van der Waals surface area contributed by atoms with Gasteiger partial charge in [0, 0.05) is 19.5 Å². The van der Waals surface area contributed by atoms with Crippen LogP contribution < -0.4 is 16.0 Å². The standard InChI is InChI=1S/C25H23F2N11O2/c26-24(27)38-13-16(11-31-38)37-14-30-21-22(34-25(35-23(21)37)36-6-8-40-9-7-36)29-12-20-32-17-5-4-15(10-18(17)33-20)2-1-3-19(28)39/h4-5,10-11,13-14,24H,2,6-9,12H2,(H2,28,39)(H,32,33)(H,29,34,35). The summed E-state index contributed by atoms with van der Waals surface area (Å²) in [4.78, 5) is 34.7. The number of aromatic amines is 1. The lowest BCUT2D eigenvalue weighted by Gasteiger charge is -2.27. The monoisotopic (exact) mass is 547 g/mol. The summed E-state index contributed by atoms with van der Waals surface area (Å²) < 4.78 is 33.9. The molecule has 5 heterocycles. The number of nitrogens with one attached hydrogen (secondary N) is 2. The highest BCUT2D eigenvalue weighted by Crippen LogP contribution is 2.26. The molecule has 0 radical (unpaired) electrons. The lowest BCUT2D eigenvalue weighted by Crippen LogP contribution is -2.37. The Bertz CT molecular complexity index is 1760. The number of rotatable bonds is 7. The van der Waals surface area contributed by atoms with E-state index in [-0.39, 0.29) is 0 Å². The summed E-state index contributed by atoms with van der Waals surface area (Å²) in [5.74, 6) is 5.99. The van der Waals surface area contributed by atoms with Crippen LogP contribution in [0.25, 0.3) is 27.9 Å². The van der Waals surface area contributed by atoms with E-state index >= 15 is 0 Å². The van der Waals surface area contributed by atoms with Crippen molar-refractivity contribution in [2.45, 2.75) is 19.5 Å². The molecule has 0 saturated carbocycles. The first kappa shape index (κ1) is 25.2. The van der Waals surface area contributed by atoms with E-state index in [1.165, 1.54) is 18.7 Å². The Morgan fingerprint density at radius 2 is 2.08 bits per heavy atom. The van der Waals surface area contributed by atoms with Gasteiger partial charge in [-0.1, -0.05) is 12.0 Å². The zero-order chi connectivity index (χ0) is 27.6. The maximum atomic E-state index is 13.1. The Balaban J connectivity index is 1.30. The van der Waals surface area contributed by atoms with Gasteiger partial charge in [-0.25, -0.2) is 14.6 Å². The molecule has 0 atom stereocenters. The van der Waals surface area contributed by atoms with Crippen molar-refractivity contribution in [1.29, 1.82) is 0 Å². The van der Waals surface area contributed by atoms with Gasteiger partial charge in [0.2, 0.25) is 5.95 Å². The minimum atomic E-state index is -2.76. The maximum absolute atomic E-state index is 13.1. The summed E-state index contributed by atoms with van der Waals surface area (Å²) in [6.45, 7) is -0.159. The molecule has 0 bridgehead atoms. The Kier molecular flexibility index (Phi) is 6.66. The molecule has 4 N–H and O–H groups in total. The molecule has 40 heavy (non-hydrogen) atoms. The third kappa shape index (κ3) is 5.12. The van der Waals surface area contributed by atoms with Crippen molar-refractivity contribution in [2.24, 2.45) is 5.73 Å². The summed E-state index contributed by atoms with van der Waals surface area (Å²) >= 11 is 0. The first-order valence-electron chi connectivity index (χ1n) is 12.3. The van der Waals surface area contributed by atoms with Gasteiger partial charge in [-0.15, -0.1) is 0 Å². The number of nitrogens with zero attached hydrogens (tertiary/aromatic N) is 8. The Labute approximate surface area is 225 Å². The number of primary amides is 1. The van der Waals surface area contributed by atoms with Crippen molar-refractivity contribution in [1.82, 2.24) is 39.3 Å². The van der Waals surface area contributed by atoms with Gasteiger partial charge in [0.1, 0.15) is 12.2 Å². The highest BCUT2D eigenvalue weighted by Gasteiger charge is 2.21. The van der Waals surface area contributed by atoms with E-state index in [0.717, 1.165) is 16.6 Å². The third-order valence-electron chi connectivity index (χ3n) is 6.27. The second-order valence-corrected chi connectivity index (χ2v) is 8.95. The fourth-order valence-electron chi connectivity index (χ4n) is 4.36. The molecular weight excluding hydrogens is 524 g/mol. The normalized spacial score (nSPS) is 13.6. The van der Waals surface area contributed by atoms with Gasteiger partial charge in [0.15, 0.2) is 17.0 Å². The fourth-order valence-corrected chi connectivity index (χ4v) is 4.36. The van der Waals surface area contributed by atoms with Gasteiger partial charge >= 0.3 is 6.55 Å². The molecule has 15 heteroatoms. The van der Waals surface area contributed by atoms with Crippen LogP contribution in [0.3, 0.4) is 0 Å². The fraction of sp³-hybridized carbons (Fsp3) is 0.280. The number of carbonyl (C=O) groups excluding carboxylic acids is 1. The predicted octanol–water partition coefficient (Wildman–Crippen LogP) is 1.76. The van der Waals surface area contributed by atoms with Crippen LogP contribution in [0, 0.1) is 11.8 Å². The van der Waals surface area contributed by atoms with E-state index in [4.69, 9.17) is 20.4 Å². The summed E-state index contributed by atoms with van der Waals surface area (Å²) in [7, 11) is 0. The van der Waals surface area contributed by atoms with E-state index in [1.54, 1.807) is 4.57 Å². The van der Waals surface area contributed by atoms with Crippen LogP contribution in [-0.4, -0.2) is 71.5 Å². The number of amides is 1. The molecule has 13 nitrogen and oxygen atoms in total. The zero-order valence-electron chi connectivity index (χ0n) is 21.0. The average Bonchev–Trinajstić information content (AvgIpc) is 3.69. The number of hydrogen-bond acceptors (Lipinski definition) is 9. The second kappa shape index (κ2) is 10.6. The molecule has 1 saturated heterocycles. The van der Waals surface area contributed by atoms with E-state index in [1.807, 2.05) is 23.1 Å². The second-order valence-electron chi connectivity index (χ2n) is 8.95. The minimum Gasteiger partial charge on any atom is -0.378 e. The summed E-state index contributed by atoms with van der Waals surface area (Å²) in [5.41, 5.74) is 8.87. The third-order valence-corrected chi connectivity index (χ3v) is 6.27. The number of imidazole rings is 2. The Morgan fingerprint density at radius 3 is 2.85 bits per heavy atom. The SMILES string of the molecule is NC(=O)C#CCc1ccc2[nH]c(CNc3nc(N4CCOCC4)nc4c3ncn4-c3cnn(C(F)F)c3)nc2c1. The number of nitrogens with two attached hydrogens (primary N) is 1. The highest BCUT2D eigenvalue weighted by molar-refractivity contribution is 5.92. The number of benzene rings is 1. The van der Waals surface area contributed by atoms with Crippen LogP contribution in [0.2, 0.25) is 0 Å². The molecule has 1 aromatic carbocycles. The quantitative estimate of drug-likeness (QED) is 0.258. The van der Waals surface area contributed by atoms with Gasteiger partial charge in [-0.2, -0.15) is 23.8 Å². The largest absolute Gasteiger partial charge is 0.378 e. The van der Waals surface area contributed by atoms with Crippen molar-refractivity contribution in [3.05, 3.63) is 48.3 Å². The lowest BCUT2D eigenvalue weighted by molar-refractivity contribution is -0.112. The van der Waals surface area contributed by atoms with Crippen molar-refractivity contribution >= 4 is 39.9 Å². The van der Waals surface area contributed by atoms with Crippen LogP contribution in [-0.2, 0) is 22.5 Å². The van der Waals surface area contributed by atoms with E-state index < -0.39 is 12.5 Å². The molecule has 6 rings (SSSR count). The van der Waals surface area contributed by atoms with Gasteiger partial charge in [-0.05, 0) is 23.6 Å². The van der Waals surface area contributed by atoms with Gasteiger partial charge in [0.25, 0.3) is 5.91 Å². The number of carbonyl (C=O) groups is 1. The van der Waals surface area contributed by atoms with Gasteiger partial charge in [-0.3, -0.25) is 9.36 Å². The van der Waals surface area contributed by atoms with E-state index in [9.17, 15) is 13.6 Å². The number of fused-ring (bicyclic) bond motifs is 2. The van der Waals surface area contributed by atoms with E-state index in [2.05, 4.69) is 37.2 Å². The number of morpholine rings is 1. The molecule has 0 aliphatic carbocycles. The number of hydrogen-bond donors (Lipinski definition) is 3. The van der Waals surface area contributed by atoms with Crippen LogP contribution >= 0.6 is 0 Å². The number of ether oxygens (including phenoxy) is 1. The predicted molar refractivity (Wildman–Crippen MR) is 141 cm³/mol. The maximum Gasteiger partial charge on any atom is 0.333 e. The van der Waals surface area contributed by atoms with Gasteiger partial charge in [0.05, 0.1) is 48.9 Å². The number of anilines is 2. The minimum absolute atomic E-state index is 0.302. The smallest absolute Gasteiger partial charge is 0.333 e. The molecule has 4 aromatic heterocycles. The molecule has 204 valence electrons. The van der Waals surface area contributed by atoms with E-state index in [0.29, 0.717) is 78.4 Å². The number of H-pyrrole nitrogens is 1. The molecule has 5 aromatic rings. The van der Waals surface area contributed by atoms with Crippen LogP contribution in [0.15, 0.2) is 36.9 Å². The summed E-state index contributed by atoms with van der Waals surface area (Å²) in [6.07, 6.45) is 4.45. The van der Waals surface area contributed by atoms with Crippen LogP contribution in [0.1, 0.15) is 17.9 Å². The molecule has 1 aliphatic rings. The van der Waals surface area contributed by atoms with Crippen molar-refractivity contribution in [3.8, 4) is 17.5 Å². The Hall–Kier alpha value is -5.10. The highest BCUT2D eigenvalue weighted by atomic mass is 19.3. The Morgan fingerprint density at radius 1 is 1.23 bits per heavy atom. The van der Waals surface area contributed by atoms with Crippen LogP contribution in [0.4, 0.5) is 20.5 Å². The van der Waals surface area contributed by atoms with Crippen molar-refractivity contribution in [3.63, 3.8) is 0 Å². The average molecular weight is 548 g/mol. The molecule has 1 aliphatic heterocycles. The molecule has 0 unspecified atom stereocenters. The number of halogens is 2. The molecule has 1 fully saturated rings. The van der Waals surface area contributed by atoms with Crippen molar-refractivity contribution in [2.75, 3.05) is 36.5 Å². The first-order chi connectivity index (χ1) is 19.4. The van der Waals surface area contributed by atoms with Gasteiger partial charge < -0.3 is 25.7 Å². The summed E-state index contributed by atoms with van der Waals surface area (Å²) in [6, 6.07) is 5.69. The molecular formula is C25H23F2N11O2. The van der Waals surface area contributed by atoms with Crippen LogP contribution in [0.5, 0.6) is 0 Å². The number of aromatic nitrogens is 8. The topological polar surface area (TPSA) is 158 Å². The summed E-state index contributed by atoms with van der Waals surface area (Å²) in [5, 5.41) is 7.03. The molecule has 0 spiro atoms. The first-order valence-corrected chi connectivity index (χ1v) is 12.3. The zero-order valence-corrected chi connectivity index (χ0v) is 21.0. The lowest BCUT2D eigenvalue weighted by atomic mass is 10.1.